The van der Waals surface area contributed by atoms with Gasteiger partial charge in [0.15, 0.2) is 0 Å². The van der Waals surface area contributed by atoms with E-state index in [1.54, 1.807) is 0 Å². The predicted molar refractivity (Wildman–Crippen MR) is 70.7 cm³/mol. The Morgan fingerprint density at radius 1 is 1.17 bits per heavy atom. The molecule has 3 rings (SSSR count). The van der Waals surface area contributed by atoms with Crippen molar-refractivity contribution in [2.24, 2.45) is 0 Å². The monoisotopic (exact) mass is 241 g/mol. The van der Waals surface area contributed by atoms with Crippen LogP contribution in [0.15, 0.2) is 42.5 Å². The van der Waals surface area contributed by atoms with E-state index >= 15 is 0 Å². The van der Waals surface area contributed by atoms with Gasteiger partial charge < -0.3 is 10.4 Å². The molecule has 2 aromatic rings. The van der Waals surface area contributed by atoms with Gasteiger partial charge in [-0.05, 0) is 28.7 Å². The van der Waals surface area contributed by atoms with Crippen molar-refractivity contribution in [2.75, 3.05) is 6.54 Å². The van der Waals surface area contributed by atoms with Gasteiger partial charge in [0.2, 0.25) is 0 Å². The van der Waals surface area contributed by atoms with Gasteiger partial charge in [0.25, 0.3) is 0 Å². The van der Waals surface area contributed by atoms with Crippen molar-refractivity contribution in [1.82, 2.24) is 5.32 Å². The maximum atomic E-state index is 11.0. The van der Waals surface area contributed by atoms with Gasteiger partial charge in [-0.2, -0.15) is 0 Å². The Hall–Kier alpha value is -1.87. The van der Waals surface area contributed by atoms with Gasteiger partial charge in [-0.25, -0.2) is 0 Å². The Kier molecular flexibility index (Phi) is 2.76. The van der Waals surface area contributed by atoms with Crippen LogP contribution in [-0.4, -0.2) is 23.7 Å². The Morgan fingerprint density at radius 3 is 2.72 bits per heavy atom. The van der Waals surface area contributed by atoms with Crippen molar-refractivity contribution in [3.05, 3.63) is 48.0 Å². The van der Waals surface area contributed by atoms with Crippen LogP contribution in [0.1, 0.15) is 17.9 Å². The zero-order chi connectivity index (χ0) is 12.5. The first-order valence-electron chi connectivity index (χ1n) is 6.19. The van der Waals surface area contributed by atoms with Gasteiger partial charge >= 0.3 is 5.97 Å². The normalized spacial score (nSPS) is 23.3. The van der Waals surface area contributed by atoms with Crippen LogP contribution in [0.25, 0.3) is 10.8 Å². The largest absolute Gasteiger partial charge is 0.480 e. The summed E-state index contributed by atoms with van der Waals surface area (Å²) in [5.74, 6) is -0.463. The Morgan fingerprint density at radius 2 is 1.94 bits per heavy atom. The van der Waals surface area contributed by atoms with Crippen LogP contribution in [0.4, 0.5) is 0 Å². The molecule has 1 fully saturated rings. The summed E-state index contributed by atoms with van der Waals surface area (Å²) in [6, 6.07) is 14.1. The van der Waals surface area contributed by atoms with Gasteiger partial charge in [0.1, 0.15) is 6.04 Å². The van der Waals surface area contributed by atoms with Crippen LogP contribution in [0.5, 0.6) is 0 Å². The summed E-state index contributed by atoms with van der Waals surface area (Å²) in [5, 5.41) is 14.5. The second kappa shape index (κ2) is 4.42. The van der Waals surface area contributed by atoms with Crippen LogP contribution < -0.4 is 5.32 Å². The molecule has 0 radical (unpaired) electrons. The molecule has 2 aromatic carbocycles. The topological polar surface area (TPSA) is 49.3 Å². The highest BCUT2D eigenvalue weighted by atomic mass is 16.4. The van der Waals surface area contributed by atoms with Crippen molar-refractivity contribution in [1.29, 1.82) is 0 Å². The zero-order valence-electron chi connectivity index (χ0n) is 9.97. The highest BCUT2D eigenvalue weighted by Crippen LogP contribution is 2.31. The number of hydrogen-bond donors (Lipinski definition) is 2. The third-order valence-electron chi connectivity index (χ3n) is 3.69. The lowest BCUT2D eigenvalue weighted by Crippen LogP contribution is -2.29. The minimum atomic E-state index is -0.752. The first kappa shape index (κ1) is 11.2. The van der Waals surface area contributed by atoms with Crippen LogP contribution >= 0.6 is 0 Å². The quantitative estimate of drug-likeness (QED) is 0.848. The number of benzene rings is 2. The van der Waals surface area contributed by atoms with Gasteiger partial charge in [-0.15, -0.1) is 0 Å². The molecule has 18 heavy (non-hydrogen) atoms. The van der Waals surface area contributed by atoms with Crippen LogP contribution in [-0.2, 0) is 4.79 Å². The van der Waals surface area contributed by atoms with Crippen molar-refractivity contribution in [3.8, 4) is 0 Å². The van der Waals surface area contributed by atoms with Crippen molar-refractivity contribution >= 4 is 16.7 Å². The molecular formula is C15H15NO2. The maximum absolute atomic E-state index is 11.0. The molecule has 1 aliphatic heterocycles. The van der Waals surface area contributed by atoms with Crippen LogP contribution in [0.2, 0.25) is 0 Å². The number of rotatable bonds is 2. The molecule has 0 unspecified atom stereocenters. The molecule has 0 amide bonds. The molecule has 2 atom stereocenters. The second-order valence-electron chi connectivity index (χ2n) is 4.80. The number of aliphatic carboxylic acids is 1. The molecule has 0 aromatic heterocycles. The molecular weight excluding hydrogens is 226 g/mol. The van der Waals surface area contributed by atoms with E-state index in [9.17, 15) is 4.79 Å². The van der Waals surface area contributed by atoms with E-state index in [0.717, 1.165) is 6.54 Å². The van der Waals surface area contributed by atoms with Crippen LogP contribution in [0.3, 0.4) is 0 Å². The van der Waals surface area contributed by atoms with E-state index in [2.05, 4.69) is 29.6 Å². The molecule has 0 spiro atoms. The molecule has 92 valence electrons. The third kappa shape index (κ3) is 1.87. The number of hydrogen-bond acceptors (Lipinski definition) is 2. The highest BCUT2D eigenvalue weighted by molar-refractivity contribution is 5.86. The lowest BCUT2D eigenvalue weighted by molar-refractivity contribution is -0.139. The summed E-state index contributed by atoms with van der Waals surface area (Å²) < 4.78 is 0. The SMILES string of the molecule is O=C(O)[C@@H]1C[C@@H](c2cccc3ccccc23)CN1. The highest BCUT2D eigenvalue weighted by Gasteiger charge is 2.30. The van der Waals surface area contributed by atoms with Gasteiger partial charge in [-0.3, -0.25) is 4.79 Å². The zero-order valence-corrected chi connectivity index (χ0v) is 9.97. The molecule has 2 N–H and O–H groups in total. The molecule has 1 aliphatic rings. The van der Waals surface area contributed by atoms with Crippen molar-refractivity contribution in [2.45, 2.75) is 18.4 Å². The minimum absolute atomic E-state index is 0.289. The van der Waals surface area contributed by atoms with Gasteiger partial charge in [0.05, 0.1) is 0 Å². The summed E-state index contributed by atoms with van der Waals surface area (Å²) in [6.07, 6.45) is 0.670. The molecule has 3 nitrogen and oxygen atoms in total. The molecule has 1 heterocycles. The number of carboxylic acid groups (broad SMARTS) is 1. The number of fused-ring (bicyclic) bond motifs is 1. The minimum Gasteiger partial charge on any atom is -0.480 e. The maximum Gasteiger partial charge on any atom is 0.320 e. The van der Waals surface area contributed by atoms with E-state index in [1.165, 1.54) is 16.3 Å². The fourth-order valence-corrected chi connectivity index (χ4v) is 2.77. The van der Waals surface area contributed by atoms with Crippen molar-refractivity contribution < 1.29 is 9.90 Å². The fourth-order valence-electron chi connectivity index (χ4n) is 2.77. The Bertz CT molecular complexity index is 589. The van der Waals surface area contributed by atoms with E-state index in [-0.39, 0.29) is 5.92 Å². The second-order valence-corrected chi connectivity index (χ2v) is 4.80. The fraction of sp³-hybridized carbons (Fsp3) is 0.267. The summed E-state index contributed by atoms with van der Waals surface area (Å²) in [7, 11) is 0. The molecule has 1 saturated heterocycles. The van der Waals surface area contributed by atoms with Gasteiger partial charge in [-0.1, -0.05) is 42.5 Å². The smallest absolute Gasteiger partial charge is 0.320 e. The number of carbonyl (C=O) groups is 1. The first-order valence-corrected chi connectivity index (χ1v) is 6.19. The number of carboxylic acids is 1. The Balaban J connectivity index is 1.98. The molecule has 0 saturated carbocycles. The predicted octanol–water partition coefficient (Wildman–Crippen LogP) is 2.37. The van der Waals surface area contributed by atoms with Crippen LogP contribution in [0, 0.1) is 0 Å². The van der Waals surface area contributed by atoms with E-state index in [0.29, 0.717) is 6.42 Å². The third-order valence-corrected chi connectivity index (χ3v) is 3.69. The Labute approximate surface area is 105 Å². The summed E-state index contributed by atoms with van der Waals surface area (Å²) in [6.45, 7) is 0.741. The summed E-state index contributed by atoms with van der Waals surface area (Å²) in [4.78, 5) is 11.0. The van der Waals surface area contributed by atoms with E-state index in [1.807, 2.05) is 18.2 Å². The lowest BCUT2D eigenvalue weighted by atomic mass is 9.91. The molecule has 0 bridgehead atoms. The first-order chi connectivity index (χ1) is 8.75. The summed E-state index contributed by atoms with van der Waals surface area (Å²) >= 11 is 0. The molecule has 0 aliphatic carbocycles. The lowest BCUT2D eigenvalue weighted by Gasteiger charge is -2.12. The van der Waals surface area contributed by atoms with E-state index < -0.39 is 12.0 Å². The average Bonchev–Trinajstić information content (AvgIpc) is 2.87. The van der Waals surface area contributed by atoms with Crippen molar-refractivity contribution in [3.63, 3.8) is 0 Å². The van der Waals surface area contributed by atoms with E-state index in [4.69, 9.17) is 5.11 Å². The standard InChI is InChI=1S/C15H15NO2/c17-15(18)14-8-11(9-16-14)13-7-3-5-10-4-1-2-6-12(10)13/h1-7,11,14,16H,8-9H2,(H,17,18)/t11-,14+/m1/s1. The van der Waals surface area contributed by atoms with Gasteiger partial charge in [0, 0.05) is 6.54 Å². The number of nitrogens with one attached hydrogen (secondary N) is 1. The molecule has 3 heteroatoms. The summed E-state index contributed by atoms with van der Waals surface area (Å²) in [5.41, 5.74) is 1.25. The average molecular weight is 241 g/mol.